The first-order chi connectivity index (χ1) is 21.6. The van der Waals surface area contributed by atoms with Crippen LogP contribution in [-0.2, 0) is 6.54 Å². The van der Waals surface area contributed by atoms with Crippen molar-refractivity contribution in [2.45, 2.75) is 59.5 Å². The van der Waals surface area contributed by atoms with E-state index >= 15 is 0 Å². The summed E-state index contributed by atoms with van der Waals surface area (Å²) in [6.45, 7) is 8.79. The second kappa shape index (κ2) is 21.5. The predicted octanol–water partition coefficient (Wildman–Crippen LogP) is 7.19. The van der Waals surface area contributed by atoms with E-state index in [1.807, 2.05) is 32.2 Å². The maximum absolute atomic E-state index is 14.8. The second-order valence-electron chi connectivity index (χ2n) is 10.5. The van der Waals surface area contributed by atoms with Gasteiger partial charge in [0.1, 0.15) is 5.82 Å². The Hall–Kier alpha value is -3.39. The average Bonchev–Trinajstić information content (AvgIpc) is 3.31. The molecule has 0 unspecified atom stereocenters. The molecule has 0 spiro atoms. The Morgan fingerprint density at radius 2 is 1.72 bits per heavy atom. The van der Waals surface area contributed by atoms with Crippen LogP contribution in [0, 0.1) is 5.82 Å². The quantitative estimate of drug-likeness (QED) is 0.152. The van der Waals surface area contributed by atoms with Gasteiger partial charge in [-0.05, 0) is 79.7 Å². The first kappa shape index (κ1) is 41.6. The van der Waals surface area contributed by atoms with E-state index in [4.69, 9.17) is 4.98 Å². The number of halogens is 1. The van der Waals surface area contributed by atoms with E-state index in [0.717, 1.165) is 46.0 Å². The lowest BCUT2D eigenvalue weighted by Gasteiger charge is -2.27. The highest BCUT2D eigenvalue weighted by molar-refractivity contribution is 7.79. The fourth-order valence-electron chi connectivity index (χ4n) is 5.09. The van der Waals surface area contributed by atoms with Crippen LogP contribution >= 0.6 is 24.0 Å². The molecule has 1 aromatic carbocycles. The van der Waals surface area contributed by atoms with Crippen molar-refractivity contribution in [1.29, 1.82) is 0 Å². The molecule has 2 saturated heterocycles. The summed E-state index contributed by atoms with van der Waals surface area (Å²) in [4.78, 5) is 25.0. The van der Waals surface area contributed by atoms with Crippen LogP contribution in [0.15, 0.2) is 54.9 Å². The lowest BCUT2D eigenvalue weighted by molar-refractivity contribution is 0.243. The maximum Gasteiger partial charge on any atom is 0.319 e. The van der Waals surface area contributed by atoms with Gasteiger partial charge in [0, 0.05) is 46.1 Å². The van der Waals surface area contributed by atoms with Crippen LogP contribution in [0.3, 0.4) is 0 Å². The van der Waals surface area contributed by atoms with Crippen molar-refractivity contribution in [2.24, 2.45) is 0 Å². The molecule has 0 bridgehead atoms. The van der Waals surface area contributed by atoms with Gasteiger partial charge in [0.2, 0.25) is 0 Å². The van der Waals surface area contributed by atoms with E-state index in [0.29, 0.717) is 11.3 Å². The average molecular weight is 691 g/mol. The third kappa shape index (κ3) is 11.7. The number of carbonyl (C=O) groups excluding carboxylic acids is 1. The molecule has 0 aliphatic carbocycles. The van der Waals surface area contributed by atoms with Crippen molar-refractivity contribution in [3.8, 4) is 10.6 Å². The van der Waals surface area contributed by atoms with Crippen LogP contribution < -0.4 is 16.0 Å². The molecule has 0 radical (unpaired) electrons. The number of thiophene rings is 1. The third-order valence-electron chi connectivity index (χ3n) is 7.44. The minimum absolute atomic E-state index is 0. The first-order valence-electron chi connectivity index (χ1n) is 15.4. The molecule has 6 rings (SSSR count). The molecular formula is C35H55FN6O3S2. The number of nitrogens with one attached hydrogen (secondary N) is 3. The summed E-state index contributed by atoms with van der Waals surface area (Å²) >= 11 is 5.17. The minimum atomic E-state index is -0.402. The van der Waals surface area contributed by atoms with Crippen LogP contribution in [0.4, 0.5) is 14.9 Å². The number of likely N-dealkylation sites (tertiary alicyclic amines) is 1. The normalized spacial score (nSPS) is 14.4. The summed E-state index contributed by atoms with van der Waals surface area (Å²) in [6, 6.07) is 12.8. The van der Waals surface area contributed by atoms with Gasteiger partial charge in [-0.3, -0.25) is 14.9 Å². The molecule has 2 aliphatic heterocycles. The van der Waals surface area contributed by atoms with Crippen LogP contribution in [0.25, 0.3) is 32.9 Å². The van der Waals surface area contributed by atoms with Crippen LogP contribution in [0.1, 0.15) is 66.5 Å². The zero-order chi connectivity index (χ0) is 31.3. The molecule has 4 aromatic rings. The molecule has 9 nitrogen and oxygen atoms in total. The standard InChI is InChI=1S/C31H33FN6OS.C2H6.CH4S.CH4.2H2O.2H2/c32-26-15-24(36-31(39)37-25-18-33-19-25)9-8-22(26)6-7-23-11-12-34-28-16-29(40-30(23)28)27-10-5-21(17-35-27)20-38-13-3-1-2-4-14-38;2*1-2;;;;;/h5-12,15-17,25,33H,1-4,13-14,18-20H2,(H2,36,37,39);1-2H3;2H,1H3;1H4;2*1H2;2*1H/b7-6-;;;;;;;. The Bertz CT molecular complexity index is 1530. The number of thiol groups is 1. The first-order valence-corrected chi connectivity index (χ1v) is 17.1. The highest BCUT2D eigenvalue weighted by Crippen LogP contribution is 2.34. The van der Waals surface area contributed by atoms with Gasteiger partial charge >= 0.3 is 6.03 Å². The van der Waals surface area contributed by atoms with Gasteiger partial charge in [-0.15, -0.1) is 11.3 Å². The number of hydrogen-bond acceptors (Lipinski definition) is 7. The van der Waals surface area contributed by atoms with Gasteiger partial charge in [0.25, 0.3) is 0 Å². The second-order valence-corrected chi connectivity index (χ2v) is 11.5. The molecule has 47 heavy (non-hydrogen) atoms. The number of carbonyl (C=O) groups is 1. The van der Waals surface area contributed by atoms with E-state index in [1.54, 1.807) is 42.0 Å². The molecular weight excluding hydrogens is 636 g/mol. The van der Waals surface area contributed by atoms with Gasteiger partial charge < -0.3 is 26.9 Å². The predicted molar refractivity (Wildman–Crippen MR) is 205 cm³/mol. The van der Waals surface area contributed by atoms with Crippen molar-refractivity contribution in [2.75, 3.05) is 37.8 Å². The van der Waals surface area contributed by atoms with Crippen LogP contribution in [0.5, 0.6) is 0 Å². The van der Waals surface area contributed by atoms with Crippen molar-refractivity contribution in [1.82, 2.24) is 25.5 Å². The summed E-state index contributed by atoms with van der Waals surface area (Å²) < 4.78 is 15.9. The van der Waals surface area contributed by atoms with E-state index < -0.39 is 5.82 Å². The summed E-state index contributed by atoms with van der Waals surface area (Å²) in [6.07, 6.45) is 14.4. The van der Waals surface area contributed by atoms with E-state index in [-0.39, 0.29) is 33.3 Å². The molecule has 2 aliphatic rings. The van der Waals surface area contributed by atoms with Crippen molar-refractivity contribution in [3.63, 3.8) is 0 Å². The van der Waals surface area contributed by atoms with Crippen LogP contribution in [0.2, 0.25) is 0 Å². The topological polar surface area (TPSA) is 145 Å². The highest BCUT2D eigenvalue weighted by Gasteiger charge is 2.19. The zero-order valence-electron chi connectivity index (χ0n) is 26.8. The number of hydrogen-bond donors (Lipinski definition) is 4. The lowest BCUT2D eigenvalue weighted by Crippen LogP contribution is -2.57. The largest absolute Gasteiger partial charge is 0.412 e. The molecule has 7 N–H and O–H groups in total. The molecule has 262 valence electrons. The molecule has 0 atom stereocenters. The Labute approximate surface area is 291 Å². The Morgan fingerprint density at radius 3 is 2.34 bits per heavy atom. The fourth-order valence-corrected chi connectivity index (χ4v) is 6.18. The van der Waals surface area contributed by atoms with Crippen LogP contribution in [-0.4, -0.2) is 70.3 Å². The number of benzene rings is 1. The van der Waals surface area contributed by atoms with Gasteiger partial charge in [-0.25, -0.2) is 9.18 Å². The van der Waals surface area contributed by atoms with E-state index in [1.165, 1.54) is 50.4 Å². The highest BCUT2D eigenvalue weighted by atomic mass is 32.1. The number of urea groups is 1. The molecule has 3 aromatic heterocycles. The number of aromatic nitrogens is 2. The Balaban J connectivity index is 0. The van der Waals surface area contributed by atoms with Crippen molar-refractivity contribution in [3.05, 3.63) is 77.4 Å². The number of fused-ring (bicyclic) bond motifs is 1. The van der Waals surface area contributed by atoms with Gasteiger partial charge in [0.05, 0.1) is 26.8 Å². The zero-order valence-corrected chi connectivity index (χ0v) is 28.5. The number of amides is 2. The van der Waals surface area contributed by atoms with Gasteiger partial charge in [-0.1, -0.05) is 52.3 Å². The summed E-state index contributed by atoms with van der Waals surface area (Å²) in [5, 5.41) is 8.63. The molecule has 2 amide bonds. The van der Waals surface area contributed by atoms with E-state index in [2.05, 4.69) is 56.7 Å². The van der Waals surface area contributed by atoms with Crippen molar-refractivity contribution >= 4 is 58.1 Å². The summed E-state index contributed by atoms with van der Waals surface area (Å²) in [7, 11) is 0. The lowest BCUT2D eigenvalue weighted by atomic mass is 10.1. The smallest absolute Gasteiger partial charge is 0.319 e. The Morgan fingerprint density at radius 1 is 1.02 bits per heavy atom. The molecule has 12 heteroatoms. The van der Waals surface area contributed by atoms with Gasteiger partial charge in [-0.2, -0.15) is 12.6 Å². The fraction of sp³-hybridized carbons (Fsp3) is 0.400. The summed E-state index contributed by atoms with van der Waals surface area (Å²) in [5.41, 5.74) is 4.90. The molecule has 2 fully saturated rings. The number of nitrogens with zero attached hydrogens (tertiary/aromatic N) is 3. The number of pyridine rings is 2. The molecule has 0 saturated carbocycles. The summed E-state index contributed by atoms with van der Waals surface area (Å²) in [5.74, 6) is -0.402. The van der Waals surface area contributed by atoms with E-state index in [9.17, 15) is 9.18 Å². The number of rotatable bonds is 7. The maximum atomic E-state index is 14.8. The minimum Gasteiger partial charge on any atom is -0.412 e. The number of anilines is 1. The monoisotopic (exact) mass is 690 g/mol. The SMILES string of the molecule is C.CC.CS.O.O.O=C(Nc1ccc(/C=C\c2ccnc3cc(-c4ccc(CN5CCCCCC5)cn4)sc23)c(F)c1)NC1CNC1.[HH].[HH]. The van der Waals surface area contributed by atoms with Gasteiger partial charge in [0.15, 0.2) is 0 Å². The molecule has 5 heterocycles. The Kier molecular flexibility index (Phi) is 19.0. The third-order valence-corrected chi connectivity index (χ3v) is 8.64. The van der Waals surface area contributed by atoms with Crippen molar-refractivity contribution < 1.29 is 23.0 Å².